The van der Waals surface area contributed by atoms with E-state index in [1.54, 1.807) is 54.6 Å². The van der Waals surface area contributed by atoms with Crippen LogP contribution in [-0.4, -0.2) is 98.5 Å². The summed E-state index contributed by atoms with van der Waals surface area (Å²) in [5, 5.41) is 2.44. The minimum absolute atomic E-state index is 0.228. The average molecular weight is 1220 g/mol. The highest BCUT2D eigenvalue weighted by Gasteiger charge is 2.32. The first-order chi connectivity index (χ1) is 40.3. The number of benzene rings is 4. The van der Waals surface area contributed by atoms with Crippen molar-refractivity contribution in [3.05, 3.63) is 126 Å². The van der Waals surface area contributed by atoms with Crippen LogP contribution in [0.5, 0.6) is 34.5 Å². The number of hydrogen-bond acceptors (Lipinski definition) is 16. The Morgan fingerprint density at radius 1 is 0.488 bits per heavy atom. The van der Waals surface area contributed by atoms with Gasteiger partial charge in [-0.25, -0.2) is 9.97 Å². The van der Waals surface area contributed by atoms with Crippen molar-refractivity contribution >= 4 is 92.2 Å². The first-order valence-electron chi connectivity index (χ1n) is 26.6. The van der Waals surface area contributed by atoms with Crippen LogP contribution in [0.2, 0.25) is 0 Å². The normalized spacial score (nSPS) is 15.1. The summed E-state index contributed by atoms with van der Waals surface area (Å²) in [6.45, 7) is 10.6. The second kappa shape index (κ2) is 25.8. The summed E-state index contributed by atoms with van der Waals surface area (Å²) in [6, 6.07) is 30.6. The highest BCUT2D eigenvalue weighted by atomic mass is 32.1. The molecule has 0 fully saturated rings. The smallest absolute Gasteiger partial charge is 0.367 e. The standard InChI is InChI=1S/C60H62N5O15P3S/c1-10-75-54-31-40(78-35(4)81(66,67)72-7)17-20-43(54)58-48-25-23-46(62-48)57(38-13-15-39(16-14-38)61-34-84)47-24-26-49(63-47)59(44-21-18-41(32-55(44)76-11-2)79-36(5)82(68,69)73-8)51-28-30-53(65-51)60(52-29-27-50(58)64-52)45-22-19-42(33-56(45)77-12-3)80-37(6)83(70,71)74-9/h13-33,35-37,62,65H,10-12H2,1-9H3,(H,66,67)(H,68,69)(H,70,71). The van der Waals surface area contributed by atoms with E-state index in [1.165, 1.54) is 20.8 Å². The molecule has 5 heterocycles. The van der Waals surface area contributed by atoms with Crippen LogP contribution in [0, 0.1) is 0 Å². The van der Waals surface area contributed by atoms with Crippen LogP contribution >= 0.6 is 35.0 Å². The number of rotatable bonds is 23. The van der Waals surface area contributed by atoms with Gasteiger partial charge in [0.2, 0.25) is 0 Å². The SMILES string of the molecule is CCOc1cc(OC(C)P(=O)(O)OC)ccc1-c1c2nc(c(-c3ccc(OC(C)P(=O)(O)OC)cc3OCC)c3ccc([nH]3)c(-c3ccc(OC(C)P(=O)(O)OC)cc3OCC)c3nc(c(-c4ccc(N=C=S)cc4)c4ccc1[nH]4)C=C3)C=C2. The molecule has 6 atom stereocenters. The van der Waals surface area contributed by atoms with Crippen LogP contribution in [0.15, 0.2) is 108 Å². The average Bonchev–Trinajstić information content (AvgIpc) is 4.54. The second-order valence-corrected chi connectivity index (χ2v) is 25.8. The van der Waals surface area contributed by atoms with Crippen molar-refractivity contribution in [3.63, 3.8) is 0 Å². The highest BCUT2D eigenvalue weighted by molar-refractivity contribution is 7.78. The number of thiocarbonyl (C=S) groups is 1. The molecule has 438 valence electrons. The Bertz CT molecular complexity index is 4000. The first kappa shape index (κ1) is 61.1. The van der Waals surface area contributed by atoms with Gasteiger partial charge in [0.1, 0.15) is 34.5 Å². The van der Waals surface area contributed by atoms with E-state index in [-0.39, 0.29) is 37.1 Å². The number of hydrogen-bond donors (Lipinski definition) is 5. The van der Waals surface area contributed by atoms with Gasteiger partial charge >= 0.3 is 22.8 Å². The van der Waals surface area contributed by atoms with E-state index in [2.05, 4.69) is 20.1 Å². The van der Waals surface area contributed by atoms with E-state index in [9.17, 15) is 28.4 Å². The third kappa shape index (κ3) is 12.9. The molecule has 84 heavy (non-hydrogen) atoms. The second-order valence-electron chi connectivity index (χ2n) is 18.9. The number of aliphatic imine (C=N–C) groups is 1. The molecule has 0 saturated carbocycles. The third-order valence-electron chi connectivity index (χ3n) is 13.7. The Balaban J connectivity index is 1.42. The number of ether oxygens (including phenoxy) is 6. The lowest BCUT2D eigenvalue weighted by molar-refractivity contribution is 0.218. The van der Waals surface area contributed by atoms with Gasteiger partial charge in [-0.3, -0.25) is 13.7 Å². The number of fused-ring (bicyclic) bond motifs is 8. The minimum Gasteiger partial charge on any atom is -0.493 e. The van der Waals surface area contributed by atoms with Crippen molar-refractivity contribution in [1.82, 2.24) is 19.9 Å². The molecular weight excluding hydrogens is 1160 g/mol. The zero-order valence-corrected chi connectivity index (χ0v) is 50.8. The van der Waals surface area contributed by atoms with Gasteiger partial charge in [0.15, 0.2) is 17.5 Å². The van der Waals surface area contributed by atoms with Crippen molar-refractivity contribution in [3.8, 4) is 79.0 Å². The summed E-state index contributed by atoms with van der Waals surface area (Å²) in [6.07, 6.45) is 7.62. The molecule has 0 aliphatic carbocycles. The van der Waals surface area contributed by atoms with Crippen LogP contribution < -0.4 is 28.4 Å². The Labute approximate surface area is 490 Å². The molecule has 4 aromatic carbocycles. The summed E-state index contributed by atoms with van der Waals surface area (Å²) in [7, 11) is -9.01. The Morgan fingerprint density at radius 2 is 0.798 bits per heavy atom. The molecule has 0 saturated heterocycles. The van der Waals surface area contributed by atoms with Crippen LogP contribution in [0.4, 0.5) is 5.69 Å². The Kier molecular flexibility index (Phi) is 18.8. The van der Waals surface area contributed by atoms with Gasteiger partial charge in [0.05, 0.1) is 53.4 Å². The van der Waals surface area contributed by atoms with Crippen LogP contribution in [0.1, 0.15) is 64.3 Å². The molecule has 3 aromatic heterocycles. The predicted molar refractivity (Wildman–Crippen MR) is 330 cm³/mol. The lowest BCUT2D eigenvalue weighted by Gasteiger charge is -2.20. The van der Waals surface area contributed by atoms with E-state index in [4.69, 9.17) is 64.2 Å². The summed E-state index contributed by atoms with van der Waals surface area (Å²) in [4.78, 5) is 54.0. The van der Waals surface area contributed by atoms with E-state index >= 15 is 0 Å². The molecule has 0 amide bonds. The monoisotopic (exact) mass is 1220 g/mol. The topological polar surface area (TPSA) is 265 Å². The Hall–Kier alpha value is -7.47. The Morgan fingerprint density at radius 3 is 1.10 bits per heavy atom. The number of nitrogens with zero attached hydrogens (tertiary/aromatic N) is 3. The van der Waals surface area contributed by atoms with Gasteiger partial charge in [-0.2, -0.15) is 4.99 Å². The van der Waals surface area contributed by atoms with Crippen LogP contribution in [0.3, 0.4) is 0 Å². The molecule has 7 aromatic rings. The summed E-state index contributed by atoms with van der Waals surface area (Å²) in [5.41, 5.74) is 10.2. The summed E-state index contributed by atoms with van der Waals surface area (Å²) < 4.78 is 90.3. The highest BCUT2D eigenvalue weighted by Crippen LogP contribution is 2.51. The van der Waals surface area contributed by atoms with Gasteiger partial charge < -0.3 is 66.6 Å². The fourth-order valence-electron chi connectivity index (χ4n) is 9.52. The first-order valence-corrected chi connectivity index (χ1v) is 31.9. The van der Waals surface area contributed by atoms with Crippen molar-refractivity contribution in [2.45, 2.75) is 59.1 Å². The molecule has 0 radical (unpaired) electrons. The number of aromatic nitrogens is 4. The maximum atomic E-state index is 12.9. The number of aromatic amines is 2. The minimum atomic E-state index is -4.16. The molecule has 2 aliphatic heterocycles. The zero-order valence-electron chi connectivity index (χ0n) is 47.3. The number of nitrogens with one attached hydrogen (secondary N) is 2. The molecule has 24 heteroatoms. The zero-order chi connectivity index (χ0) is 60.1. The maximum absolute atomic E-state index is 12.9. The van der Waals surface area contributed by atoms with E-state index in [0.717, 1.165) is 26.9 Å². The molecule has 6 unspecified atom stereocenters. The van der Waals surface area contributed by atoms with Crippen molar-refractivity contribution < 1.29 is 70.4 Å². The fraction of sp³-hybridized carbons (Fsp3) is 0.250. The van der Waals surface area contributed by atoms with E-state index in [1.807, 2.05) is 93.6 Å². The molecule has 9 rings (SSSR count). The van der Waals surface area contributed by atoms with Crippen LogP contribution in [0.25, 0.3) is 90.9 Å². The fourth-order valence-corrected chi connectivity index (χ4v) is 11.3. The summed E-state index contributed by atoms with van der Waals surface area (Å²) >= 11 is 4.94. The lowest BCUT2D eigenvalue weighted by atomic mass is 10.0. The predicted octanol–water partition coefficient (Wildman–Crippen LogP) is 14.9. The van der Waals surface area contributed by atoms with Crippen molar-refractivity contribution in [1.29, 1.82) is 0 Å². The van der Waals surface area contributed by atoms with Crippen LogP contribution in [-0.2, 0) is 27.3 Å². The molecule has 20 nitrogen and oxygen atoms in total. The molecule has 8 bridgehead atoms. The van der Waals surface area contributed by atoms with Gasteiger partial charge in [-0.1, -0.05) is 12.1 Å². The van der Waals surface area contributed by atoms with Gasteiger partial charge in [0.25, 0.3) is 0 Å². The number of isothiocyanates is 1. The lowest BCUT2D eigenvalue weighted by Crippen LogP contribution is -2.13. The molecule has 0 spiro atoms. The van der Waals surface area contributed by atoms with E-state index in [0.29, 0.717) is 107 Å². The van der Waals surface area contributed by atoms with Gasteiger partial charge in [0, 0.05) is 101 Å². The van der Waals surface area contributed by atoms with E-state index < -0.39 is 40.3 Å². The maximum Gasteiger partial charge on any atom is 0.367 e. The molecule has 2 aliphatic rings. The van der Waals surface area contributed by atoms with Crippen molar-refractivity contribution in [2.75, 3.05) is 41.2 Å². The third-order valence-corrected chi connectivity index (χ3v) is 18.5. The number of H-pyrrole nitrogens is 2. The molecule has 5 N–H and O–H groups in total. The largest absolute Gasteiger partial charge is 0.493 e. The summed E-state index contributed by atoms with van der Waals surface area (Å²) in [5.74, 6) is -1.78. The molecular formula is C60H62N5O15P3S. The quantitative estimate of drug-likeness (QED) is 0.0226. The van der Waals surface area contributed by atoms with Gasteiger partial charge in [-0.15, -0.1) is 0 Å². The van der Waals surface area contributed by atoms with Gasteiger partial charge in [-0.05, 0) is 156 Å². The van der Waals surface area contributed by atoms with Crippen molar-refractivity contribution in [2.24, 2.45) is 4.99 Å².